The lowest BCUT2D eigenvalue weighted by Crippen LogP contribution is -2.19. The highest BCUT2D eigenvalue weighted by Crippen LogP contribution is 2.20. The van der Waals surface area contributed by atoms with Crippen molar-refractivity contribution in [3.05, 3.63) is 52.8 Å². The van der Waals surface area contributed by atoms with Crippen LogP contribution in [0.15, 0.2) is 36.5 Å². The molecule has 0 amide bonds. The lowest BCUT2D eigenvalue weighted by molar-refractivity contribution is 0.511. The van der Waals surface area contributed by atoms with Crippen molar-refractivity contribution in [2.45, 2.75) is 19.4 Å². The van der Waals surface area contributed by atoms with Gasteiger partial charge in [-0.25, -0.2) is 0 Å². The van der Waals surface area contributed by atoms with Gasteiger partial charge in [0.15, 0.2) is 0 Å². The molecule has 0 spiro atoms. The molecule has 0 saturated carbocycles. The van der Waals surface area contributed by atoms with Gasteiger partial charge in [0.05, 0.1) is 16.9 Å². The van der Waals surface area contributed by atoms with Gasteiger partial charge >= 0.3 is 0 Å². The summed E-state index contributed by atoms with van der Waals surface area (Å²) in [5.74, 6) is 0.269. The van der Waals surface area contributed by atoms with Crippen molar-refractivity contribution in [3.8, 4) is 0 Å². The number of hydrogen-bond acceptors (Lipinski definition) is 2. The predicted molar refractivity (Wildman–Crippen MR) is 70.2 cm³/mol. The van der Waals surface area contributed by atoms with E-state index in [2.05, 4.69) is 17.2 Å². The Kier molecular flexibility index (Phi) is 3.82. The van der Waals surface area contributed by atoms with Gasteiger partial charge in [0.1, 0.15) is 0 Å². The Balaban J connectivity index is 2.19. The van der Waals surface area contributed by atoms with Gasteiger partial charge in [-0.2, -0.15) is 5.10 Å². The third-order valence-electron chi connectivity index (χ3n) is 2.99. The van der Waals surface area contributed by atoms with Crippen LogP contribution in [-0.4, -0.2) is 16.3 Å². The minimum atomic E-state index is 0.269. The minimum Gasteiger partial charge on any atom is -0.330 e. The first-order valence-corrected chi connectivity index (χ1v) is 6.03. The Hall–Kier alpha value is -1.32. The molecule has 3 nitrogen and oxygen atoms in total. The molecule has 0 fully saturated rings. The average Bonchev–Trinajstić information content (AvgIpc) is 2.68. The summed E-state index contributed by atoms with van der Waals surface area (Å²) >= 11 is 5.99. The zero-order valence-electron chi connectivity index (χ0n) is 9.81. The summed E-state index contributed by atoms with van der Waals surface area (Å²) in [6, 6.07) is 10.3. The summed E-state index contributed by atoms with van der Waals surface area (Å²) in [5, 5.41) is 4.96. The molecule has 1 aromatic carbocycles. The zero-order valence-corrected chi connectivity index (χ0v) is 10.6. The van der Waals surface area contributed by atoms with Crippen LogP contribution in [0.3, 0.4) is 0 Å². The van der Waals surface area contributed by atoms with E-state index in [1.807, 2.05) is 29.8 Å². The van der Waals surface area contributed by atoms with Gasteiger partial charge in [-0.05, 0) is 12.5 Å². The van der Waals surface area contributed by atoms with Gasteiger partial charge in [0.25, 0.3) is 0 Å². The van der Waals surface area contributed by atoms with Crippen LogP contribution in [0, 0.1) is 6.92 Å². The summed E-state index contributed by atoms with van der Waals surface area (Å²) < 4.78 is 1.91. The largest absolute Gasteiger partial charge is 0.330 e. The number of rotatable bonds is 4. The normalized spacial score (nSPS) is 12.6. The Morgan fingerprint density at radius 1 is 1.35 bits per heavy atom. The molecule has 0 saturated heterocycles. The first-order chi connectivity index (χ1) is 8.22. The van der Waals surface area contributed by atoms with Crippen LogP contribution in [0.4, 0.5) is 0 Å². The topological polar surface area (TPSA) is 43.8 Å². The van der Waals surface area contributed by atoms with Crippen molar-refractivity contribution in [1.29, 1.82) is 0 Å². The molecular weight excluding hydrogens is 234 g/mol. The number of nitrogens with two attached hydrogens (primary N) is 1. The first-order valence-electron chi connectivity index (χ1n) is 5.65. The van der Waals surface area contributed by atoms with Crippen LogP contribution < -0.4 is 5.73 Å². The van der Waals surface area contributed by atoms with Gasteiger partial charge in [-0.1, -0.05) is 41.9 Å². The smallest absolute Gasteiger partial charge is 0.0814 e. The number of benzene rings is 1. The average molecular weight is 250 g/mol. The summed E-state index contributed by atoms with van der Waals surface area (Å²) in [7, 11) is 0. The second-order valence-corrected chi connectivity index (χ2v) is 4.51. The summed E-state index contributed by atoms with van der Waals surface area (Å²) in [6.45, 7) is 3.33. The SMILES string of the molecule is Cc1c(Cl)cnn1CC(CN)c1ccccc1. The molecular formula is C13H16ClN3. The van der Waals surface area contributed by atoms with Crippen LogP contribution >= 0.6 is 11.6 Å². The molecule has 17 heavy (non-hydrogen) atoms. The molecule has 1 aromatic heterocycles. The van der Waals surface area contributed by atoms with Gasteiger partial charge in [0, 0.05) is 19.0 Å². The number of hydrogen-bond donors (Lipinski definition) is 1. The maximum absolute atomic E-state index is 5.99. The van der Waals surface area contributed by atoms with Crippen LogP contribution in [0.2, 0.25) is 5.02 Å². The van der Waals surface area contributed by atoms with Crippen molar-refractivity contribution in [1.82, 2.24) is 9.78 Å². The van der Waals surface area contributed by atoms with E-state index < -0.39 is 0 Å². The Morgan fingerprint density at radius 2 is 2.06 bits per heavy atom. The van der Waals surface area contributed by atoms with Crippen LogP contribution in [0.25, 0.3) is 0 Å². The molecule has 0 aliphatic carbocycles. The van der Waals surface area contributed by atoms with E-state index in [4.69, 9.17) is 17.3 Å². The van der Waals surface area contributed by atoms with E-state index in [1.165, 1.54) is 5.56 Å². The van der Waals surface area contributed by atoms with Crippen molar-refractivity contribution < 1.29 is 0 Å². The standard InChI is InChI=1S/C13H16ClN3/c1-10-13(14)8-16-17(10)9-12(7-15)11-5-3-2-4-6-11/h2-6,8,12H,7,9,15H2,1H3. The fourth-order valence-corrected chi connectivity index (χ4v) is 2.00. The minimum absolute atomic E-state index is 0.269. The molecule has 1 atom stereocenters. The van der Waals surface area contributed by atoms with Crippen LogP contribution in [0.5, 0.6) is 0 Å². The summed E-state index contributed by atoms with van der Waals surface area (Å²) in [4.78, 5) is 0. The maximum atomic E-state index is 5.99. The van der Waals surface area contributed by atoms with Crippen LogP contribution in [0.1, 0.15) is 17.2 Å². The quantitative estimate of drug-likeness (QED) is 0.905. The van der Waals surface area contributed by atoms with E-state index in [9.17, 15) is 0 Å². The second-order valence-electron chi connectivity index (χ2n) is 4.10. The Morgan fingerprint density at radius 3 is 2.59 bits per heavy atom. The molecule has 2 aromatic rings. The molecule has 0 radical (unpaired) electrons. The maximum Gasteiger partial charge on any atom is 0.0814 e. The zero-order chi connectivity index (χ0) is 12.3. The Labute approximate surface area is 106 Å². The molecule has 1 heterocycles. The van der Waals surface area contributed by atoms with Crippen molar-refractivity contribution in [2.75, 3.05) is 6.54 Å². The lowest BCUT2D eigenvalue weighted by atomic mass is 9.99. The van der Waals surface area contributed by atoms with Gasteiger partial charge < -0.3 is 5.73 Å². The van der Waals surface area contributed by atoms with Crippen molar-refractivity contribution in [2.24, 2.45) is 5.73 Å². The molecule has 4 heteroatoms. The predicted octanol–water partition coefficient (Wildman–Crippen LogP) is 2.59. The van der Waals surface area contributed by atoms with Crippen molar-refractivity contribution in [3.63, 3.8) is 0 Å². The first kappa shape index (κ1) is 12.1. The second kappa shape index (κ2) is 5.34. The number of halogens is 1. The molecule has 1 unspecified atom stereocenters. The fraction of sp³-hybridized carbons (Fsp3) is 0.308. The van der Waals surface area contributed by atoms with E-state index in [0.717, 1.165) is 12.2 Å². The summed E-state index contributed by atoms with van der Waals surface area (Å²) in [5.41, 5.74) is 8.06. The van der Waals surface area contributed by atoms with Gasteiger partial charge in [-0.3, -0.25) is 4.68 Å². The summed E-state index contributed by atoms with van der Waals surface area (Å²) in [6.07, 6.45) is 1.68. The number of aromatic nitrogens is 2. The molecule has 2 N–H and O–H groups in total. The number of nitrogens with zero attached hydrogens (tertiary/aromatic N) is 2. The van der Waals surface area contributed by atoms with Gasteiger partial charge in [0.2, 0.25) is 0 Å². The molecule has 0 aliphatic rings. The molecule has 90 valence electrons. The fourth-order valence-electron chi connectivity index (χ4n) is 1.86. The van der Waals surface area contributed by atoms with E-state index >= 15 is 0 Å². The molecule has 0 bridgehead atoms. The van der Waals surface area contributed by atoms with E-state index in [1.54, 1.807) is 6.20 Å². The van der Waals surface area contributed by atoms with Gasteiger partial charge in [-0.15, -0.1) is 0 Å². The third kappa shape index (κ3) is 2.68. The Bertz CT molecular complexity index is 479. The molecule has 0 aliphatic heterocycles. The van der Waals surface area contributed by atoms with E-state index in [0.29, 0.717) is 11.6 Å². The highest BCUT2D eigenvalue weighted by atomic mass is 35.5. The third-order valence-corrected chi connectivity index (χ3v) is 3.36. The van der Waals surface area contributed by atoms with Crippen molar-refractivity contribution >= 4 is 11.6 Å². The van der Waals surface area contributed by atoms with Crippen LogP contribution in [-0.2, 0) is 6.54 Å². The lowest BCUT2D eigenvalue weighted by Gasteiger charge is -2.16. The molecule has 2 rings (SSSR count). The van der Waals surface area contributed by atoms with E-state index in [-0.39, 0.29) is 5.92 Å². The highest BCUT2D eigenvalue weighted by molar-refractivity contribution is 6.31. The highest BCUT2D eigenvalue weighted by Gasteiger charge is 2.13. The monoisotopic (exact) mass is 249 g/mol.